The van der Waals surface area contributed by atoms with Gasteiger partial charge in [-0.3, -0.25) is 9.59 Å². The molecule has 8 nitrogen and oxygen atoms in total. The average molecular weight is 682 g/mol. The molecule has 0 radical (unpaired) electrons. The Morgan fingerprint density at radius 3 is 0.923 bits per heavy atom. The molecule has 0 amide bonds. The van der Waals surface area contributed by atoms with Gasteiger partial charge >= 0.3 is 48.9 Å². The van der Waals surface area contributed by atoms with Gasteiger partial charge in [0.25, 0.3) is 0 Å². The molecule has 0 atom stereocenters. The monoisotopic (exact) mass is 682 g/mol. The number of rotatable bonds is 11. The van der Waals surface area contributed by atoms with E-state index in [2.05, 4.69) is 0 Å². The Labute approximate surface area is 279 Å². The molecule has 226 valence electrons. The zero-order valence-electron chi connectivity index (χ0n) is 27.4. The SMILES string of the molecule is CC(C)(C)C(=O)C=C([O-])C(C)(C)C.CC(C)(C)C(=O)C=C([O-])C(C)(C)C.COCCOCCOCCOC.[Ba+2]. The Bertz CT molecular complexity index is 653. The number of methoxy groups -OCH3 is 2. The van der Waals surface area contributed by atoms with Crippen molar-refractivity contribution in [2.45, 2.75) is 83.1 Å². The van der Waals surface area contributed by atoms with Crippen molar-refractivity contribution in [3.05, 3.63) is 23.7 Å². The molecule has 0 fully saturated rings. The molecule has 0 aliphatic rings. The van der Waals surface area contributed by atoms with Crippen molar-refractivity contribution in [2.24, 2.45) is 21.7 Å². The molecule has 0 heterocycles. The van der Waals surface area contributed by atoms with Crippen LogP contribution in [0.3, 0.4) is 0 Å². The number of hydrogen-bond donors (Lipinski definition) is 0. The molecule has 0 aromatic carbocycles. The molecule has 9 heteroatoms. The number of ketones is 2. The maximum Gasteiger partial charge on any atom is 2.00 e. The molecule has 0 aromatic rings. The van der Waals surface area contributed by atoms with Gasteiger partial charge in [0.1, 0.15) is 0 Å². The van der Waals surface area contributed by atoms with E-state index in [-0.39, 0.29) is 72.0 Å². The number of carbonyl (C=O) groups excluding carboxylic acids is 2. The molecule has 0 saturated heterocycles. The van der Waals surface area contributed by atoms with Crippen molar-refractivity contribution in [3.63, 3.8) is 0 Å². The van der Waals surface area contributed by atoms with E-state index in [1.165, 1.54) is 12.2 Å². The third-order valence-electron chi connectivity index (χ3n) is 4.72. The molecule has 0 N–H and O–H groups in total. The van der Waals surface area contributed by atoms with Gasteiger partial charge < -0.3 is 29.2 Å². The molecule has 39 heavy (non-hydrogen) atoms. The first-order chi connectivity index (χ1) is 17.0. The van der Waals surface area contributed by atoms with Gasteiger partial charge in [0, 0.05) is 25.0 Å². The van der Waals surface area contributed by atoms with Crippen molar-refractivity contribution in [2.75, 3.05) is 53.9 Å². The summed E-state index contributed by atoms with van der Waals surface area (Å²) in [7, 11) is 3.30. The van der Waals surface area contributed by atoms with Crippen LogP contribution in [0.4, 0.5) is 0 Å². The molecule has 0 rings (SSSR count). The summed E-state index contributed by atoms with van der Waals surface area (Å²) < 4.78 is 19.9. The minimum Gasteiger partial charge on any atom is -0.875 e. The maximum atomic E-state index is 11.4. The Morgan fingerprint density at radius 2 is 0.744 bits per heavy atom. The summed E-state index contributed by atoms with van der Waals surface area (Å²) in [5.74, 6) is -0.417. The van der Waals surface area contributed by atoms with Crippen LogP contribution in [-0.4, -0.2) is 114 Å². The second-order valence-corrected chi connectivity index (χ2v) is 13.0. The average Bonchev–Trinajstić information content (AvgIpc) is 2.74. The Kier molecular flexibility index (Phi) is 26.3. The van der Waals surface area contributed by atoms with E-state index < -0.39 is 21.7 Å². The summed E-state index contributed by atoms with van der Waals surface area (Å²) in [6, 6.07) is 0. The van der Waals surface area contributed by atoms with Gasteiger partial charge in [0.15, 0.2) is 11.6 Å². The Hall–Kier alpha value is -0.169. The zero-order chi connectivity index (χ0) is 30.8. The number of hydrogen-bond acceptors (Lipinski definition) is 8. The maximum absolute atomic E-state index is 11.4. The van der Waals surface area contributed by atoms with E-state index in [9.17, 15) is 19.8 Å². The van der Waals surface area contributed by atoms with Gasteiger partial charge in [-0.05, 0) is 23.0 Å². The van der Waals surface area contributed by atoms with Gasteiger partial charge in [-0.1, -0.05) is 83.1 Å². The number of ether oxygens (including phenoxy) is 4. The molecule has 0 unspecified atom stereocenters. The van der Waals surface area contributed by atoms with Crippen LogP contribution in [0.15, 0.2) is 23.7 Å². The molecule has 0 bridgehead atoms. The molecule has 0 spiro atoms. The fourth-order valence-corrected chi connectivity index (χ4v) is 1.71. The molecular weight excluding hydrogens is 626 g/mol. The summed E-state index contributed by atoms with van der Waals surface area (Å²) in [4.78, 5) is 22.9. The summed E-state index contributed by atoms with van der Waals surface area (Å²) >= 11 is 0. The normalized spacial score (nSPS) is 12.9. The van der Waals surface area contributed by atoms with Crippen LogP contribution in [-0.2, 0) is 28.5 Å². The van der Waals surface area contributed by atoms with Crippen LogP contribution in [0.2, 0.25) is 0 Å². The largest absolute Gasteiger partial charge is 2.00 e. The van der Waals surface area contributed by atoms with Crippen LogP contribution in [0.25, 0.3) is 0 Å². The summed E-state index contributed by atoms with van der Waals surface area (Å²) in [6.45, 7) is 25.5. The molecule has 0 aromatic heterocycles. The fraction of sp³-hybridized carbons (Fsp3) is 0.800. The predicted octanol–water partition coefficient (Wildman–Crippen LogP) is 3.72. The minimum absolute atomic E-state index is 0. The van der Waals surface area contributed by atoms with E-state index in [0.29, 0.717) is 39.6 Å². The van der Waals surface area contributed by atoms with E-state index >= 15 is 0 Å². The van der Waals surface area contributed by atoms with Crippen LogP contribution < -0.4 is 10.2 Å². The van der Waals surface area contributed by atoms with Crippen LogP contribution >= 0.6 is 0 Å². The van der Waals surface area contributed by atoms with Gasteiger partial charge in [-0.25, -0.2) is 0 Å². The second-order valence-electron chi connectivity index (χ2n) is 13.0. The molecule has 0 saturated carbocycles. The third kappa shape index (κ3) is 29.1. The topological polar surface area (TPSA) is 117 Å². The quantitative estimate of drug-likeness (QED) is 0.140. The molecule has 0 aliphatic heterocycles. The van der Waals surface area contributed by atoms with Crippen molar-refractivity contribution >= 4 is 60.4 Å². The van der Waals surface area contributed by atoms with E-state index in [0.717, 1.165) is 0 Å². The Morgan fingerprint density at radius 1 is 0.513 bits per heavy atom. The second kappa shape index (κ2) is 22.4. The smallest absolute Gasteiger partial charge is 0.875 e. The zero-order valence-corrected chi connectivity index (χ0v) is 31.8. The minimum atomic E-state index is -0.457. The first-order valence-corrected chi connectivity index (χ1v) is 13.0. The number of carbonyl (C=O) groups is 2. The van der Waals surface area contributed by atoms with E-state index in [1.54, 1.807) is 14.2 Å². The van der Waals surface area contributed by atoms with Crippen LogP contribution in [0, 0.1) is 21.7 Å². The number of allylic oxidation sites excluding steroid dienone is 4. The Balaban J connectivity index is -0.000000233. The van der Waals surface area contributed by atoms with Gasteiger partial charge in [-0.15, -0.1) is 11.5 Å². The predicted molar refractivity (Wildman–Crippen MR) is 155 cm³/mol. The molecule has 0 aliphatic carbocycles. The van der Waals surface area contributed by atoms with Crippen molar-refractivity contribution < 1.29 is 38.7 Å². The standard InChI is InChI=1S/2C11H20O2.C8H18O4.Ba/c2*1-10(2,3)8(12)7-9(13)11(4,5)6;1-9-3-5-11-7-8-12-6-4-10-2;/h2*7,12H,1-6H3;3-8H2,1-2H3;/q;;;+2/p-2. The van der Waals surface area contributed by atoms with Crippen molar-refractivity contribution in [1.82, 2.24) is 0 Å². The van der Waals surface area contributed by atoms with Crippen LogP contribution in [0.5, 0.6) is 0 Å². The first-order valence-electron chi connectivity index (χ1n) is 13.0. The fourth-order valence-electron chi connectivity index (χ4n) is 1.71. The van der Waals surface area contributed by atoms with Gasteiger partial charge in [0.05, 0.1) is 39.6 Å². The summed E-state index contributed by atoms with van der Waals surface area (Å²) in [6.07, 6.45) is 2.44. The molecular formula is C30H56BaO8. The summed E-state index contributed by atoms with van der Waals surface area (Å²) in [5, 5.41) is 22.9. The van der Waals surface area contributed by atoms with Gasteiger partial charge in [0.2, 0.25) is 0 Å². The van der Waals surface area contributed by atoms with Gasteiger partial charge in [-0.2, -0.15) is 0 Å². The summed E-state index contributed by atoms with van der Waals surface area (Å²) in [5.41, 5.74) is -1.83. The van der Waals surface area contributed by atoms with Crippen molar-refractivity contribution in [3.8, 4) is 0 Å². The first kappa shape index (κ1) is 45.8. The van der Waals surface area contributed by atoms with E-state index in [1.807, 2.05) is 83.1 Å². The van der Waals surface area contributed by atoms with E-state index in [4.69, 9.17) is 18.9 Å². The van der Waals surface area contributed by atoms with Crippen LogP contribution in [0.1, 0.15) is 83.1 Å². The van der Waals surface area contributed by atoms with Crippen molar-refractivity contribution in [1.29, 1.82) is 0 Å². The third-order valence-corrected chi connectivity index (χ3v) is 4.72.